The lowest BCUT2D eigenvalue weighted by atomic mass is 10.3. The van der Waals surface area contributed by atoms with Gasteiger partial charge in [-0.05, 0) is 13.1 Å². The number of nitrogens with zero attached hydrogens (tertiary/aromatic N) is 1. The van der Waals surface area contributed by atoms with Crippen molar-refractivity contribution in [2.24, 2.45) is 0 Å². The van der Waals surface area contributed by atoms with Crippen molar-refractivity contribution in [3.63, 3.8) is 0 Å². The maximum Gasteiger partial charge on any atom is 0.229 e. The molecule has 0 aliphatic rings. The predicted molar refractivity (Wildman–Crippen MR) is 56.6 cm³/mol. The molecule has 3 nitrogen and oxygen atoms in total. The Morgan fingerprint density at radius 3 is 3.07 bits per heavy atom. The lowest BCUT2D eigenvalue weighted by Crippen LogP contribution is -2.04. The molecule has 1 aromatic rings. The average molecular weight is 211 g/mol. The van der Waals surface area contributed by atoms with E-state index in [-0.39, 0.29) is 0 Å². The molecule has 0 amide bonds. The minimum atomic E-state index is 0.498. The van der Waals surface area contributed by atoms with Gasteiger partial charge in [0.2, 0.25) is 5.88 Å². The van der Waals surface area contributed by atoms with Crippen LogP contribution in [0.2, 0.25) is 5.02 Å². The molecule has 0 saturated heterocycles. The second-order valence-corrected chi connectivity index (χ2v) is 2.98. The predicted octanol–water partition coefficient (Wildman–Crippen LogP) is 1.31. The van der Waals surface area contributed by atoms with Gasteiger partial charge in [0, 0.05) is 6.20 Å². The van der Waals surface area contributed by atoms with Crippen LogP contribution >= 0.6 is 11.6 Å². The van der Waals surface area contributed by atoms with Crippen LogP contribution in [0.5, 0.6) is 5.88 Å². The standard InChI is InChI=1S/C10H11ClN2O/c1-12-5-3-4-8-6-9(11)7-13-10(8)14-2/h6-7,12H,5H2,1-2H3. The first kappa shape index (κ1) is 10.8. The van der Waals surface area contributed by atoms with Crippen LogP contribution < -0.4 is 10.1 Å². The highest BCUT2D eigenvalue weighted by Crippen LogP contribution is 2.17. The highest BCUT2D eigenvalue weighted by Gasteiger charge is 2.01. The molecule has 4 heteroatoms. The van der Waals surface area contributed by atoms with Gasteiger partial charge in [-0.2, -0.15) is 0 Å². The van der Waals surface area contributed by atoms with E-state index in [1.165, 1.54) is 6.20 Å². The van der Waals surface area contributed by atoms with Gasteiger partial charge in [0.15, 0.2) is 0 Å². The molecule has 0 unspecified atom stereocenters. The van der Waals surface area contributed by atoms with Crippen LogP contribution in [0.15, 0.2) is 12.3 Å². The second-order valence-electron chi connectivity index (χ2n) is 2.54. The van der Waals surface area contributed by atoms with E-state index in [1.54, 1.807) is 13.2 Å². The SMILES string of the molecule is CNCC#Cc1cc(Cl)cnc1OC. The van der Waals surface area contributed by atoms with E-state index >= 15 is 0 Å². The summed E-state index contributed by atoms with van der Waals surface area (Å²) in [6, 6.07) is 1.73. The number of hydrogen-bond donors (Lipinski definition) is 1. The fraction of sp³-hybridized carbons (Fsp3) is 0.300. The first-order chi connectivity index (χ1) is 6.77. The Hall–Kier alpha value is -1.24. The molecule has 0 radical (unpaired) electrons. The van der Waals surface area contributed by atoms with Gasteiger partial charge in [-0.3, -0.25) is 0 Å². The average Bonchev–Trinajstić information content (AvgIpc) is 2.19. The second kappa shape index (κ2) is 5.48. The number of ether oxygens (including phenoxy) is 1. The monoisotopic (exact) mass is 210 g/mol. The first-order valence-electron chi connectivity index (χ1n) is 4.11. The van der Waals surface area contributed by atoms with Gasteiger partial charge < -0.3 is 10.1 Å². The minimum absolute atomic E-state index is 0.498. The van der Waals surface area contributed by atoms with Gasteiger partial charge in [-0.1, -0.05) is 23.4 Å². The summed E-state index contributed by atoms with van der Waals surface area (Å²) >= 11 is 5.79. The van der Waals surface area contributed by atoms with Crippen LogP contribution in [0.4, 0.5) is 0 Å². The van der Waals surface area contributed by atoms with E-state index < -0.39 is 0 Å². The molecule has 0 fully saturated rings. The van der Waals surface area contributed by atoms with Crippen molar-refractivity contribution in [3.8, 4) is 17.7 Å². The highest BCUT2D eigenvalue weighted by atomic mass is 35.5. The third kappa shape index (κ3) is 2.91. The zero-order valence-electron chi connectivity index (χ0n) is 8.10. The first-order valence-corrected chi connectivity index (χ1v) is 4.48. The van der Waals surface area contributed by atoms with Crippen LogP contribution in [0.3, 0.4) is 0 Å². The van der Waals surface area contributed by atoms with Gasteiger partial charge in [-0.15, -0.1) is 0 Å². The summed E-state index contributed by atoms with van der Waals surface area (Å²) < 4.78 is 5.04. The molecule has 0 aromatic carbocycles. The van der Waals surface area contributed by atoms with Gasteiger partial charge in [-0.25, -0.2) is 4.98 Å². The number of rotatable bonds is 2. The number of pyridine rings is 1. The van der Waals surface area contributed by atoms with E-state index in [0.717, 1.165) is 0 Å². The Morgan fingerprint density at radius 1 is 1.64 bits per heavy atom. The molecule has 1 aromatic heterocycles. The molecule has 0 aliphatic carbocycles. The van der Waals surface area contributed by atoms with E-state index in [0.29, 0.717) is 23.0 Å². The Balaban J connectivity index is 2.94. The molecular formula is C10H11ClN2O. The molecule has 0 spiro atoms. The van der Waals surface area contributed by atoms with Gasteiger partial charge in [0.05, 0.1) is 24.2 Å². The summed E-state index contributed by atoms with van der Waals surface area (Å²) in [4.78, 5) is 4.00. The third-order valence-corrected chi connectivity index (χ3v) is 1.71. The van der Waals surface area contributed by atoms with E-state index in [9.17, 15) is 0 Å². The quantitative estimate of drug-likeness (QED) is 0.748. The van der Waals surface area contributed by atoms with Gasteiger partial charge in [0.1, 0.15) is 0 Å². The zero-order valence-corrected chi connectivity index (χ0v) is 8.85. The highest BCUT2D eigenvalue weighted by molar-refractivity contribution is 6.30. The van der Waals surface area contributed by atoms with Crippen molar-refractivity contribution in [1.82, 2.24) is 10.3 Å². The van der Waals surface area contributed by atoms with Gasteiger partial charge >= 0.3 is 0 Å². The molecule has 1 heterocycles. The molecule has 0 bridgehead atoms. The summed E-state index contributed by atoms with van der Waals surface area (Å²) in [6.45, 7) is 0.621. The fourth-order valence-corrected chi connectivity index (χ4v) is 1.06. The van der Waals surface area contributed by atoms with Crippen molar-refractivity contribution >= 4 is 11.6 Å². The smallest absolute Gasteiger partial charge is 0.229 e. The van der Waals surface area contributed by atoms with Crippen molar-refractivity contribution in [3.05, 3.63) is 22.8 Å². The Morgan fingerprint density at radius 2 is 2.43 bits per heavy atom. The van der Waals surface area contributed by atoms with Crippen molar-refractivity contribution in [2.45, 2.75) is 0 Å². The maximum atomic E-state index is 5.79. The summed E-state index contributed by atoms with van der Waals surface area (Å²) in [7, 11) is 3.39. The summed E-state index contributed by atoms with van der Waals surface area (Å²) in [5, 5.41) is 3.48. The molecule has 0 atom stereocenters. The lowest BCUT2D eigenvalue weighted by Gasteiger charge is -2.01. The van der Waals surface area contributed by atoms with Crippen molar-refractivity contribution < 1.29 is 4.74 Å². The van der Waals surface area contributed by atoms with Crippen LogP contribution in [0, 0.1) is 11.8 Å². The summed E-state index contributed by atoms with van der Waals surface area (Å²) in [5.41, 5.74) is 0.704. The molecular weight excluding hydrogens is 200 g/mol. The molecule has 14 heavy (non-hydrogen) atoms. The zero-order chi connectivity index (χ0) is 10.4. The van der Waals surface area contributed by atoms with Crippen molar-refractivity contribution in [1.29, 1.82) is 0 Å². The summed E-state index contributed by atoms with van der Waals surface area (Å²) in [5.74, 6) is 6.33. The molecule has 0 aliphatic heterocycles. The van der Waals surface area contributed by atoms with Crippen LogP contribution in [0.1, 0.15) is 5.56 Å². The van der Waals surface area contributed by atoms with E-state index in [2.05, 4.69) is 22.1 Å². The molecule has 0 saturated carbocycles. The van der Waals surface area contributed by atoms with Gasteiger partial charge in [0.25, 0.3) is 0 Å². The molecule has 1 rings (SSSR count). The van der Waals surface area contributed by atoms with Crippen molar-refractivity contribution in [2.75, 3.05) is 20.7 Å². The number of nitrogens with one attached hydrogen (secondary N) is 1. The third-order valence-electron chi connectivity index (χ3n) is 1.50. The number of hydrogen-bond acceptors (Lipinski definition) is 3. The van der Waals surface area contributed by atoms with Crippen LogP contribution in [0.25, 0.3) is 0 Å². The maximum absolute atomic E-state index is 5.79. The topological polar surface area (TPSA) is 34.2 Å². The molecule has 74 valence electrons. The minimum Gasteiger partial charge on any atom is -0.480 e. The van der Waals surface area contributed by atoms with E-state index in [1.807, 2.05) is 7.05 Å². The normalized spacial score (nSPS) is 9.07. The van der Waals surface area contributed by atoms with E-state index in [4.69, 9.17) is 16.3 Å². The van der Waals surface area contributed by atoms with Crippen LogP contribution in [-0.2, 0) is 0 Å². The largest absolute Gasteiger partial charge is 0.480 e. The lowest BCUT2D eigenvalue weighted by molar-refractivity contribution is 0.396. The fourth-order valence-electron chi connectivity index (χ4n) is 0.907. The Bertz CT molecular complexity index is 368. The number of methoxy groups -OCH3 is 1. The Labute approximate surface area is 88.4 Å². The number of halogens is 1. The summed E-state index contributed by atoms with van der Waals surface area (Å²) in [6.07, 6.45) is 1.53. The number of aromatic nitrogens is 1. The van der Waals surface area contributed by atoms with Crippen LogP contribution in [-0.4, -0.2) is 25.7 Å². The molecule has 1 N–H and O–H groups in total. The Kier molecular flexibility index (Phi) is 4.24.